The number of primary amides is 1. The second-order valence-corrected chi connectivity index (χ2v) is 12.4. The van der Waals surface area contributed by atoms with Crippen LogP contribution in [0.1, 0.15) is 69.9 Å². The molecule has 4 fully saturated rings. The molecule has 0 spiro atoms. The second-order valence-electron chi connectivity index (χ2n) is 12.4. The van der Waals surface area contributed by atoms with Gasteiger partial charge in [0.2, 0.25) is 11.8 Å². The van der Waals surface area contributed by atoms with Gasteiger partial charge in [-0.05, 0) is 107 Å². The molecule has 37 heavy (non-hydrogen) atoms. The van der Waals surface area contributed by atoms with Gasteiger partial charge in [-0.15, -0.1) is 0 Å². The molecule has 3 amide bonds. The standard InChI is InChI=1S/C28H39FN4O4/c1-28(2,3)37-27(36)33-21-7-6-17(10-21)24(33)26(35)32-23(25(30)34)12-16-5-4-15(11-22(16)29)18-8-19-13-31-14-20(19)9-18/h4-5,11,17-21,23-24,31H,6-10,12-14H2,1-3H3,(H2,30,34)(H,32,35)/t17?,18?,19?,20?,21?,23-,24-/m0/s1. The number of hydrogen-bond acceptors (Lipinski definition) is 5. The van der Waals surface area contributed by atoms with Gasteiger partial charge >= 0.3 is 6.09 Å². The van der Waals surface area contributed by atoms with Crippen molar-refractivity contribution in [2.24, 2.45) is 23.5 Å². The van der Waals surface area contributed by atoms with Crippen LogP contribution in [-0.4, -0.2) is 59.6 Å². The van der Waals surface area contributed by atoms with Crippen molar-refractivity contribution in [3.63, 3.8) is 0 Å². The topological polar surface area (TPSA) is 114 Å². The van der Waals surface area contributed by atoms with Crippen LogP contribution in [0, 0.1) is 23.6 Å². The highest BCUT2D eigenvalue weighted by atomic mass is 19.1. The Morgan fingerprint density at radius 3 is 2.46 bits per heavy atom. The highest BCUT2D eigenvalue weighted by Crippen LogP contribution is 2.45. The van der Waals surface area contributed by atoms with Crippen LogP contribution in [0.4, 0.5) is 9.18 Å². The Kier molecular flexibility index (Phi) is 6.94. The normalized spacial score (nSPS) is 31.3. The van der Waals surface area contributed by atoms with Crippen molar-refractivity contribution in [1.82, 2.24) is 15.5 Å². The smallest absolute Gasteiger partial charge is 0.411 e. The van der Waals surface area contributed by atoms with Crippen molar-refractivity contribution in [2.75, 3.05) is 13.1 Å². The molecule has 4 aliphatic rings. The lowest BCUT2D eigenvalue weighted by Crippen LogP contribution is -2.57. The Balaban J connectivity index is 1.26. The molecule has 6 atom stereocenters. The second kappa shape index (κ2) is 9.89. The first kappa shape index (κ1) is 25.9. The number of amides is 3. The lowest BCUT2D eigenvalue weighted by atomic mass is 9.93. The molecule has 0 radical (unpaired) electrons. The van der Waals surface area contributed by atoms with E-state index in [1.165, 1.54) is 4.90 Å². The van der Waals surface area contributed by atoms with Gasteiger partial charge in [-0.2, -0.15) is 0 Å². The third kappa shape index (κ3) is 5.33. The van der Waals surface area contributed by atoms with E-state index in [9.17, 15) is 14.4 Å². The molecule has 2 heterocycles. The van der Waals surface area contributed by atoms with Crippen LogP contribution in [0.3, 0.4) is 0 Å². The van der Waals surface area contributed by atoms with E-state index in [4.69, 9.17) is 10.5 Å². The predicted octanol–water partition coefficient (Wildman–Crippen LogP) is 2.84. The molecular formula is C28H39FN4O4. The predicted molar refractivity (Wildman–Crippen MR) is 136 cm³/mol. The summed E-state index contributed by atoms with van der Waals surface area (Å²) in [5.74, 6) is 0.113. The van der Waals surface area contributed by atoms with E-state index in [1.807, 2.05) is 6.07 Å². The SMILES string of the molecule is CC(C)(C)OC(=O)N1C2CCC(C2)[C@H]1C(=O)N[C@@H](Cc1ccc(C2CC3CNCC3C2)cc1F)C(N)=O. The van der Waals surface area contributed by atoms with Gasteiger partial charge < -0.3 is 21.1 Å². The lowest BCUT2D eigenvalue weighted by molar-refractivity contribution is -0.132. The third-order valence-corrected chi connectivity index (χ3v) is 8.74. The number of ether oxygens (including phenoxy) is 1. The van der Waals surface area contributed by atoms with E-state index < -0.39 is 35.6 Å². The van der Waals surface area contributed by atoms with Crippen molar-refractivity contribution in [2.45, 2.75) is 88.9 Å². The van der Waals surface area contributed by atoms with Gasteiger partial charge in [-0.25, -0.2) is 9.18 Å². The minimum absolute atomic E-state index is 0.00293. The number of likely N-dealkylation sites (tertiary alicyclic amines) is 1. The largest absolute Gasteiger partial charge is 0.444 e. The average Bonchev–Trinajstić information content (AvgIpc) is 3.58. The first-order valence-corrected chi connectivity index (χ1v) is 13.6. The number of carbonyl (C=O) groups is 3. The third-order valence-electron chi connectivity index (χ3n) is 8.74. The van der Waals surface area contributed by atoms with E-state index in [0.717, 1.165) is 50.8 Å². The Hall–Kier alpha value is -2.68. The van der Waals surface area contributed by atoms with E-state index >= 15 is 4.39 Å². The Morgan fingerprint density at radius 2 is 1.84 bits per heavy atom. The van der Waals surface area contributed by atoms with Crippen LogP contribution >= 0.6 is 0 Å². The molecule has 9 heteroatoms. The summed E-state index contributed by atoms with van der Waals surface area (Å²) < 4.78 is 20.7. The Morgan fingerprint density at radius 1 is 1.14 bits per heavy atom. The zero-order valence-electron chi connectivity index (χ0n) is 22.0. The fraction of sp³-hybridized carbons (Fsp3) is 0.679. The van der Waals surface area contributed by atoms with Crippen molar-refractivity contribution < 1.29 is 23.5 Å². The number of piperidine rings is 1. The molecule has 5 rings (SSSR count). The number of hydrogen-bond donors (Lipinski definition) is 3. The number of nitrogens with two attached hydrogens (primary N) is 1. The molecule has 2 saturated heterocycles. The number of benzene rings is 1. The molecule has 2 aliphatic carbocycles. The van der Waals surface area contributed by atoms with Gasteiger partial charge in [-0.1, -0.05) is 12.1 Å². The summed E-state index contributed by atoms with van der Waals surface area (Å²) in [6, 6.07) is 3.37. The van der Waals surface area contributed by atoms with Crippen LogP contribution in [0.25, 0.3) is 0 Å². The van der Waals surface area contributed by atoms with E-state index in [2.05, 4.69) is 10.6 Å². The van der Waals surface area contributed by atoms with Gasteiger partial charge in [0.1, 0.15) is 23.5 Å². The molecule has 4 unspecified atom stereocenters. The van der Waals surface area contributed by atoms with Crippen LogP contribution < -0.4 is 16.4 Å². The Bertz CT molecular complexity index is 1060. The number of carbonyl (C=O) groups excluding carboxylic acids is 3. The fourth-order valence-corrected chi connectivity index (χ4v) is 7.02. The van der Waals surface area contributed by atoms with Crippen LogP contribution in [0.15, 0.2) is 18.2 Å². The first-order chi connectivity index (χ1) is 17.5. The minimum Gasteiger partial charge on any atom is -0.444 e. The zero-order valence-corrected chi connectivity index (χ0v) is 22.0. The maximum atomic E-state index is 15.2. The Labute approximate surface area is 217 Å². The molecule has 202 valence electrons. The lowest BCUT2D eigenvalue weighted by Gasteiger charge is -2.36. The maximum Gasteiger partial charge on any atom is 0.411 e. The quantitative estimate of drug-likeness (QED) is 0.540. The summed E-state index contributed by atoms with van der Waals surface area (Å²) in [5, 5.41) is 6.16. The molecule has 1 aromatic carbocycles. The number of rotatable bonds is 6. The molecule has 1 aromatic rings. The fourth-order valence-electron chi connectivity index (χ4n) is 7.02. The molecule has 2 bridgehead atoms. The monoisotopic (exact) mass is 514 g/mol. The zero-order chi connectivity index (χ0) is 26.5. The molecule has 0 aromatic heterocycles. The summed E-state index contributed by atoms with van der Waals surface area (Å²) in [6.07, 6.45) is 3.95. The van der Waals surface area contributed by atoms with Gasteiger partial charge in [-0.3, -0.25) is 14.5 Å². The summed E-state index contributed by atoms with van der Waals surface area (Å²) in [4.78, 5) is 40.1. The molecule has 2 saturated carbocycles. The summed E-state index contributed by atoms with van der Waals surface area (Å²) in [5.41, 5.74) is 6.27. The molecule has 4 N–H and O–H groups in total. The molecule has 8 nitrogen and oxygen atoms in total. The van der Waals surface area contributed by atoms with Gasteiger partial charge in [0.15, 0.2) is 0 Å². The number of halogens is 1. The first-order valence-electron chi connectivity index (χ1n) is 13.6. The van der Waals surface area contributed by atoms with Gasteiger partial charge in [0.25, 0.3) is 0 Å². The van der Waals surface area contributed by atoms with Crippen molar-refractivity contribution in [1.29, 1.82) is 0 Å². The van der Waals surface area contributed by atoms with Crippen molar-refractivity contribution in [3.8, 4) is 0 Å². The van der Waals surface area contributed by atoms with Gasteiger partial charge in [0, 0.05) is 12.5 Å². The number of nitrogens with one attached hydrogen (secondary N) is 2. The molecule has 2 aliphatic heterocycles. The average molecular weight is 515 g/mol. The molecular weight excluding hydrogens is 475 g/mol. The van der Waals surface area contributed by atoms with Crippen LogP contribution in [-0.2, 0) is 20.7 Å². The van der Waals surface area contributed by atoms with Gasteiger partial charge in [0.05, 0.1) is 0 Å². The van der Waals surface area contributed by atoms with Crippen molar-refractivity contribution >= 4 is 17.9 Å². The van der Waals surface area contributed by atoms with E-state index in [-0.39, 0.29) is 24.2 Å². The highest BCUT2D eigenvalue weighted by Gasteiger charge is 2.52. The number of fused-ring (bicyclic) bond motifs is 3. The van der Waals surface area contributed by atoms with Crippen LogP contribution in [0.5, 0.6) is 0 Å². The summed E-state index contributed by atoms with van der Waals surface area (Å²) >= 11 is 0. The minimum atomic E-state index is -1.08. The van der Waals surface area contributed by atoms with E-state index in [0.29, 0.717) is 23.3 Å². The summed E-state index contributed by atoms with van der Waals surface area (Å²) in [6.45, 7) is 7.43. The highest BCUT2D eigenvalue weighted by molar-refractivity contribution is 5.91. The van der Waals surface area contributed by atoms with Crippen molar-refractivity contribution in [3.05, 3.63) is 35.1 Å². The maximum absolute atomic E-state index is 15.2. The van der Waals surface area contributed by atoms with Crippen LogP contribution in [0.2, 0.25) is 0 Å². The van der Waals surface area contributed by atoms with E-state index in [1.54, 1.807) is 32.9 Å². The number of nitrogens with zero attached hydrogens (tertiary/aromatic N) is 1. The summed E-state index contributed by atoms with van der Waals surface area (Å²) in [7, 11) is 0.